The molecule has 0 aliphatic carbocycles. The number of unbranched alkanes of at least 4 members (excludes halogenated alkanes) is 1. The number of esters is 1. The van der Waals surface area contributed by atoms with Gasteiger partial charge in [-0.1, -0.05) is 49.2 Å². The van der Waals surface area contributed by atoms with E-state index in [9.17, 15) is 9.59 Å². The molecule has 0 unspecified atom stereocenters. The third kappa shape index (κ3) is 7.34. The van der Waals surface area contributed by atoms with Gasteiger partial charge in [0.25, 0.3) is 0 Å². The van der Waals surface area contributed by atoms with Crippen LogP contribution < -0.4 is 14.8 Å². The van der Waals surface area contributed by atoms with E-state index >= 15 is 0 Å². The summed E-state index contributed by atoms with van der Waals surface area (Å²) in [4.78, 5) is 25.6. The van der Waals surface area contributed by atoms with Crippen LogP contribution in [0.2, 0.25) is 0 Å². The quantitative estimate of drug-likeness (QED) is 0.197. The average Bonchev–Trinajstić information content (AvgIpc) is 3.28. The highest BCUT2D eigenvalue weighted by Gasteiger charge is 2.23. The van der Waals surface area contributed by atoms with E-state index in [4.69, 9.17) is 14.2 Å². The minimum absolute atomic E-state index is 0.168. The number of amides is 1. The Kier molecular flexibility index (Phi) is 10.4. The number of ether oxygens (including phenoxy) is 3. The zero-order valence-corrected chi connectivity index (χ0v) is 22.3. The van der Waals surface area contributed by atoms with Gasteiger partial charge in [0.15, 0.2) is 11.5 Å². The van der Waals surface area contributed by atoms with E-state index in [1.54, 1.807) is 6.92 Å². The second kappa shape index (κ2) is 13.7. The maximum atomic E-state index is 12.8. The fraction of sp³-hybridized carbons (Fsp3) is 0.379. The Hall–Kier alpha value is -3.32. The van der Waals surface area contributed by atoms with E-state index in [-0.39, 0.29) is 18.9 Å². The lowest BCUT2D eigenvalue weighted by atomic mass is 10.0. The average molecular weight is 510 g/mol. The van der Waals surface area contributed by atoms with E-state index in [1.165, 1.54) is 11.3 Å². The molecule has 0 aliphatic rings. The first-order valence-electron chi connectivity index (χ1n) is 12.5. The molecule has 0 spiro atoms. The Balaban J connectivity index is 1.71. The predicted molar refractivity (Wildman–Crippen MR) is 145 cm³/mol. The number of thiophene rings is 1. The number of benzene rings is 2. The predicted octanol–water partition coefficient (Wildman–Crippen LogP) is 7.05. The van der Waals surface area contributed by atoms with Crippen LogP contribution in [0.1, 0.15) is 61.5 Å². The molecule has 1 aromatic heterocycles. The Labute approximate surface area is 217 Å². The van der Waals surface area contributed by atoms with E-state index in [0.717, 1.165) is 40.8 Å². The Morgan fingerprint density at radius 1 is 0.944 bits per heavy atom. The molecule has 0 aliphatic heterocycles. The first-order valence-corrected chi connectivity index (χ1v) is 13.4. The normalized spacial score (nSPS) is 10.7. The summed E-state index contributed by atoms with van der Waals surface area (Å²) in [5.74, 6) is 0.806. The fourth-order valence-electron chi connectivity index (χ4n) is 3.67. The molecule has 1 heterocycles. The monoisotopic (exact) mass is 509 g/mol. The van der Waals surface area contributed by atoms with E-state index < -0.39 is 5.97 Å². The van der Waals surface area contributed by atoms with Gasteiger partial charge in [-0.3, -0.25) is 4.79 Å². The van der Waals surface area contributed by atoms with Crippen LogP contribution in [0.15, 0.2) is 47.8 Å². The van der Waals surface area contributed by atoms with Crippen molar-refractivity contribution in [1.82, 2.24) is 0 Å². The molecule has 3 rings (SSSR count). The molecule has 7 heteroatoms. The van der Waals surface area contributed by atoms with Gasteiger partial charge in [0.2, 0.25) is 5.91 Å². The number of aryl methyl sites for hydroxylation is 2. The van der Waals surface area contributed by atoms with Gasteiger partial charge >= 0.3 is 5.97 Å². The lowest BCUT2D eigenvalue weighted by Gasteiger charge is -2.13. The first-order chi connectivity index (χ1) is 17.5. The number of hydrogen-bond donors (Lipinski definition) is 1. The zero-order valence-electron chi connectivity index (χ0n) is 21.5. The topological polar surface area (TPSA) is 73.9 Å². The lowest BCUT2D eigenvalue weighted by molar-refractivity contribution is -0.116. The Morgan fingerprint density at radius 2 is 1.72 bits per heavy atom. The van der Waals surface area contributed by atoms with Crippen molar-refractivity contribution in [1.29, 1.82) is 0 Å². The minimum Gasteiger partial charge on any atom is -0.490 e. The molecule has 0 atom stereocenters. The summed E-state index contributed by atoms with van der Waals surface area (Å²) in [6.07, 6.45) is 2.84. The van der Waals surface area contributed by atoms with E-state index in [1.807, 2.05) is 61.7 Å². The van der Waals surface area contributed by atoms with Crippen LogP contribution in [0.4, 0.5) is 5.00 Å². The molecule has 0 bridgehead atoms. The van der Waals surface area contributed by atoms with Crippen LogP contribution in [0, 0.1) is 6.92 Å². The SMILES string of the molecule is CCCCOc1ccc(CCC(=O)Nc2scc(-c3ccc(C)cc3)c2C(=O)OCC)cc1OCC. The second-order valence-corrected chi connectivity index (χ2v) is 9.28. The molecule has 1 N–H and O–H groups in total. The van der Waals surface area contributed by atoms with Crippen molar-refractivity contribution < 1.29 is 23.8 Å². The smallest absolute Gasteiger partial charge is 0.341 e. The zero-order chi connectivity index (χ0) is 25.9. The molecular formula is C29H35NO5S. The van der Waals surface area contributed by atoms with Crippen molar-refractivity contribution >= 4 is 28.2 Å². The fourth-order valence-corrected chi connectivity index (χ4v) is 4.64. The standard InChI is InChI=1S/C29H35NO5S/c1-5-8-17-35-24-15-11-21(18-25(24)33-6-2)12-16-26(31)30-28-27(29(32)34-7-3)23(19-36-28)22-13-9-20(4)10-14-22/h9-11,13-15,18-19H,5-8,12,16-17H2,1-4H3,(H,30,31). The summed E-state index contributed by atoms with van der Waals surface area (Å²) < 4.78 is 16.9. The number of anilines is 1. The molecule has 6 nitrogen and oxygen atoms in total. The van der Waals surface area contributed by atoms with Gasteiger partial charge in [0.1, 0.15) is 10.6 Å². The Morgan fingerprint density at radius 3 is 2.42 bits per heavy atom. The molecule has 36 heavy (non-hydrogen) atoms. The summed E-state index contributed by atoms with van der Waals surface area (Å²) in [6.45, 7) is 9.28. The van der Waals surface area contributed by atoms with Crippen molar-refractivity contribution in [3.8, 4) is 22.6 Å². The van der Waals surface area contributed by atoms with Crippen LogP contribution in [0.3, 0.4) is 0 Å². The van der Waals surface area contributed by atoms with Gasteiger partial charge in [-0.05, 0) is 56.9 Å². The number of nitrogens with one attached hydrogen (secondary N) is 1. The molecule has 0 fully saturated rings. The van der Waals surface area contributed by atoms with Crippen LogP contribution in [0.25, 0.3) is 11.1 Å². The van der Waals surface area contributed by atoms with Gasteiger partial charge < -0.3 is 19.5 Å². The van der Waals surface area contributed by atoms with Crippen LogP contribution in [0.5, 0.6) is 11.5 Å². The van der Waals surface area contributed by atoms with Gasteiger partial charge in [0, 0.05) is 17.4 Å². The largest absolute Gasteiger partial charge is 0.490 e. The van der Waals surface area contributed by atoms with Gasteiger partial charge in [0.05, 0.1) is 19.8 Å². The third-order valence-electron chi connectivity index (χ3n) is 5.59. The van der Waals surface area contributed by atoms with Crippen molar-refractivity contribution in [3.63, 3.8) is 0 Å². The molecular weight excluding hydrogens is 474 g/mol. The van der Waals surface area contributed by atoms with E-state index in [0.29, 0.717) is 35.9 Å². The number of carbonyl (C=O) groups is 2. The minimum atomic E-state index is -0.440. The summed E-state index contributed by atoms with van der Waals surface area (Å²) in [5, 5.41) is 5.32. The highest BCUT2D eigenvalue weighted by molar-refractivity contribution is 7.15. The van der Waals surface area contributed by atoms with E-state index in [2.05, 4.69) is 12.2 Å². The number of rotatable bonds is 13. The first kappa shape index (κ1) is 27.3. The second-order valence-electron chi connectivity index (χ2n) is 8.40. The molecule has 0 saturated heterocycles. The lowest BCUT2D eigenvalue weighted by Crippen LogP contribution is -2.15. The third-order valence-corrected chi connectivity index (χ3v) is 6.49. The highest BCUT2D eigenvalue weighted by Crippen LogP contribution is 2.36. The number of hydrogen-bond acceptors (Lipinski definition) is 6. The summed E-state index contributed by atoms with van der Waals surface area (Å²) in [5.41, 5.74) is 4.17. The van der Waals surface area contributed by atoms with Crippen molar-refractivity contribution in [2.24, 2.45) is 0 Å². The summed E-state index contributed by atoms with van der Waals surface area (Å²) in [7, 11) is 0. The molecule has 0 radical (unpaired) electrons. The maximum absolute atomic E-state index is 12.8. The van der Waals surface area contributed by atoms with Gasteiger partial charge in [-0.15, -0.1) is 11.3 Å². The molecule has 1 amide bonds. The molecule has 3 aromatic rings. The maximum Gasteiger partial charge on any atom is 0.341 e. The molecule has 192 valence electrons. The molecule has 0 saturated carbocycles. The van der Waals surface area contributed by atoms with Crippen LogP contribution >= 0.6 is 11.3 Å². The van der Waals surface area contributed by atoms with Crippen LogP contribution in [-0.2, 0) is 16.0 Å². The summed E-state index contributed by atoms with van der Waals surface area (Å²) in [6, 6.07) is 13.7. The van der Waals surface area contributed by atoms with Crippen molar-refractivity contribution in [2.75, 3.05) is 25.1 Å². The highest BCUT2D eigenvalue weighted by atomic mass is 32.1. The van der Waals surface area contributed by atoms with Crippen molar-refractivity contribution in [2.45, 2.75) is 53.4 Å². The van der Waals surface area contributed by atoms with Crippen molar-refractivity contribution in [3.05, 3.63) is 64.5 Å². The summed E-state index contributed by atoms with van der Waals surface area (Å²) >= 11 is 1.33. The molecule has 2 aromatic carbocycles. The van der Waals surface area contributed by atoms with Gasteiger partial charge in [-0.2, -0.15) is 0 Å². The number of carbonyl (C=O) groups excluding carboxylic acids is 2. The Bertz CT molecular complexity index is 1150. The van der Waals surface area contributed by atoms with Crippen LogP contribution in [-0.4, -0.2) is 31.7 Å². The van der Waals surface area contributed by atoms with Gasteiger partial charge in [-0.25, -0.2) is 4.79 Å².